The number of hydrogen-bond acceptors (Lipinski definition) is 4. The van der Waals surface area contributed by atoms with Crippen LogP contribution in [0, 0.1) is 0 Å². The molecule has 0 saturated carbocycles. The van der Waals surface area contributed by atoms with Gasteiger partial charge in [0.2, 0.25) is 0 Å². The van der Waals surface area contributed by atoms with E-state index in [-0.39, 0.29) is 0 Å². The minimum Gasteiger partial charge on any atom is -0.496 e. The normalized spacial score (nSPS) is 25.7. The summed E-state index contributed by atoms with van der Waals surface area (Å²) in [5, 5.41) is 4.35. The maximum Gasteiger partial charge on any atom is 0.141 e. The molecule has 2 saturated heterocycles. The van der Waals surface area contributed by atoms with Crippen LogP contribution in [0.2, 0.25) is 5.02 Å². The van der Waals surface area contributed by atoms with Crippen LogP contribution in [0.15, 0.2) is 12.1 Å². The molecule has 0 amide bonds. The molecular weight excluding hydrogens is 288 g/mol. The van der Waals surface area contributed by atoms with Gasteiger partial charge in [0.1, 0.15) is 11.5 Å². The van der Waals surface area contributed by atoms with Gasteiger partial charge in [0, 0.05) is 43.3 Å². The van der Waals surface area contributed by atoms with Gasteiger partial charge in [-0.25, -0.2) is 0 Å². The molecule has 21 heavy (non-hydrogen) atoms. The van der Waals surface area contributed by atoms with Crippen LogP contribution in [-0.4, -0.2) is 44.3 Å². The number of nitrogens with zero attached hydrogens (tertiary/aromatic N) is 1. The number of methoxy groups -OCH3 is 2. The van der Waals surface area contributed by atoms with Gasteiger partial charge in [-0.1, -0.05) is 11.6 Å². The van der Waals surface area contributed by atoms with Gasteiger partial charge >= 0.3 is 0 Å². The molecule has 5 heteroatoms. The number of fused-ring (bicyclic) bond motifs is 2. The quantitative estimate of drug-likeness (QED) is 0.927. The number of ether oxygens (including phenoxy) is 2. The fraction of sp³-hybridized carbons (Fsp3) is 0.625. The van der Waals surface area contributed by atoms with Gasteiger partial charge in [0.15, 0.2) is 0 Å². The van der Waals surface area contributed by atoms with Gasteiger partial charge in [-0.2, -0.15) is 0 Å². The number of likely N-dealkylation sites (tertiary alicyclic amines) is 1. The first-order valence-corrected chi connectivity index (χ1v) is 7.96. The zero-order valence-electron chi connectivity index (χ0n) is 12.7. The molecule has 1 aromatic carbocycles. The second-order valence-electron chi connectivity index (χ2n) is 5.96. The SMILES string of the molecule is COc1cc(OC)c(CN2CC[C@H]3CC[C@@H](C2)N3)cc1Cl. The van der Waals surface area contributed by atoms with E-state index >= 15 is 0 Å². The summed E-state index contributed by atoms with van der Waals surface area (Å²) in [5.74, 6) is 1.51. The maximum absolute atomic E-state index is 6.26. The smallest absolute Gasteiger partial charge is 0.141 e. The molecule has 0 aromatic heterocycles. The van der Waals surface area contributed by atoms with Crippen LogP contribution in [0.3, 0.4) is 0 Å². The highest BCUT2D eigenvalue weighted by atomic mass is 35.5. The maximum atomic E-state index is 6.26. The highest BCUT2D eigenvalue weighted by Gasteiger charge is 2.29. The number of nitrogens with one attached hydrogen (secondary N) is 1. The van der Waals surface area contributed by atoms with Crippen LogP contribution >= 0.6 is 11.6 Å². The van der Waals surface area contributed by atoms with Crippen molar-refractivity contribution in [2.24, 2.45) is 0 Å². The average molecular weight is 311 g/mol. The monoisotopic (exact) mass is 310 g/mol. The molecule has 0 unspecified atom stereocenters. The van der Waals surface area contributed by atoms with Crippen LogP contribution in [0.5, 0.6) is 11.5 Å². The summed E-state index contributed by atoms with van der Waals surface area (Å²) in [6, 6.07) is 5.19. The van der Waals surface area contributed by atoms with Gasteiger partial charge < -0.3 is 14.8 Å². The van der Waals surface area contributed by atoms with Crippen molar-refractivity contribution in [1.29, 1.82) is 0 Å². The summed E-state index contributed by atoms with van der Waals surface area (Å²) in [4.78, 5) is 2.50. The highest BCUT2D eigenvalue weighted by molar-refractivity contribution is 6.32. The van der Waals surface area contributed by atoms with Gasteiger partial charge in [-0.15, -0.1) is 0 Å². The van der Waals surface area contributed by atoms with Crippen molar-refractivity contribution >= 4 is 11.6 Å². The first kappa shape index (κ1) is 14.9. The molecule has 1 N–H and O–H groups in total. The van der Waals surface area contributed by atoms with Crippen LogP contribution < -0.4 is 14.8 Å². The van der Waals surface area contributed by atoms with Crippen molar-refractivity contribution in [3.8, 4) is 11.5 Å². The van der Waals surface area contributed by atoms with Crippen molar-refractivity contribution in [1.82, 2.24) is 10.2 Å². The van der Waals surface area contributed by atoms with Crippen molar-refractivity contribution < 1.29 is 9.47 Å². The lowest BCUT2D eigenvalue weighted by Gasteiger charge is -2.25. The van der Waals surface area contributed by atoms with E-state index < -0.39 is 0 Å². The van der Waals surface area contributed by atoms with Crippen LogP contribution in [0.1, 0.15) is 24.8 Å². The first-order valence-electron chi connectivity index (χ1n) is 7.58. The summed E-state index contributed by atoms with van der Waals surface area (Å²) >= 11 is 6.26. The Balaban J connectivity index is 1.76. The molecule has 116 valence electrons. The molecule has 1 aromatic rings. The van der Waals surface area contributed by atoms with E-state index in [0.717, 1.165) is 30.9 Å². The molecule has 2 heterocycles. The fourth-order valence-electron chi connectivity index (χ4n) is 3.45. The zero-order valence-corrected chi connectivity index (χ0v) is 13.4. The number of rotatable bonds is 4. The lowest BCUT2D eigenvalue weighted by atomic mass is 10.1. The Morgan fingerprint density at radius 2 is 1.90 bits per heavy atom. The third kappa shape index (κ3) is 3.28. The van der Waals surface area contributed by atoms with E-state index in [4.69, 9.17) is 21.1 Å². The van der Waals surface area contributed by atoms with Crippen LogP contribution in [-0.2, 0) is 6.54 Å². The lowest BCUT2D eigenvalue weighted by molar-refractivity contribution is 0.247. The summed E-state index contributed by atoms with van der Waals surface area (Å²) in [6.45, 7) is 3.10. The molecule has 3 rings (SSSR count). The molecule has 0 aliphatic carbocycles. The molecule has 2 aliphatic heterocycles. The summed E-state index contributed by atoms with van der Waals surface area (Å²) in [7, 11) is 3.32. The summed E-state index contributed by atoms with van der Waals surface area (Å²) < 4.78 is 10.8. The number of hydrogen-bond donors (Lipinski definition) is 1. The van der Waals surface area contributed by atoms with Gasteiger partial charge in [0.25, 0.3) is 0 Å². The Hall–Kier alpha value is -0.970. The summed E-state index contributed by atoms with van der Waals surface area (Å²) in [6.07, 6.45) is 3.85. The van der Waals surface area contributed by atoms with E-state index in [1.54, 1.807) is 14.2 Å². The molecule has 2 fully saturated rings. The minimum atomic E-state index is 0.636. The molecule has 0 spiro atoms. The Morgan fingerprint density at radius 3 is 2.67 bits per heavy atom. The third-order valence-electron chi connectivity index (χ3n) is 4.56. The Bertz CT molecular complexity index is 509. The first-order chi connectivity index (χ1) is 10.2. The van der Waals surface area contributed by atoms with Gasteiger partial charge in [0.05, 0.1) is 19.2 Å². The average Bonchev–Trinajstić information content (AvgIpc) is 2.82. The van der Waals surface area contributed by atoms with E-state index in [2.05, 4.69) is 10.2 Å². The Kier molecular flexibility index (Phi) is 4.57. The summed E-state index contributed by atoms with van der Waals surface area (Å²) in [5.41, 5.74) is 1.13. The molecule has 2 bridgehead atoms. The predicted octanol–water partition coefficient (Wildman–Crippen LogP) is 2.68. The second kappa shape index (κ2) is 6.42. The minimum absolute atomic E-state index is 0.636. The van der Waals surface area contributed by atoms with E-state index in [1.807, 2.05) is 12.1 Å². The largest absolute Gasteiger partial charge is 0.496 e. The topological polar surface area (TPSA) is 33.7 Å². The second-order valence-corrected chi connectivity index (χ2v) is 6.37. The van der Waals surface area contributed by atoms with Crippen LogP contribution in [0.25, 0.3) is 0 Å². The van der Waals surface area contributed by atoms with Crippen molar-refractivity contribution in [3.05, 3.63) is 22.7 Å². The third-order valence-corrected chi connectivity index (χ3v) is 4.85. The lowest BCUT2D eigenvalue weighted by Crippen LogP contribution is -2.35. The van der Waals surface area contributed by atoms with Gasteiger partial charge in [-0.05, 0) is 25.3 Å². The predicted molar refractivity (Wildman–Crippen MR) is 84.4 cm³/mol. The fourth-order valence-corrected chi connectivity index (χ4v) is 3.71. The highest BCUT2D eigenvalue weighted by Crippen LogP contribution is 2.33. The van der Waals surface area contributed by atoms with E-state index in [0.29, 0.717) is 22.9 Å². The van der Waals surface area contributed by atoms with Crippen molar-refractivity contribution in [2.45, 2.75) is 37.9 Å². The standard InChI is InChI=1S/C16H23ClN2O2/c1-20-15-8-16(21-2)14(17)7-11(15)9-19-6-5-12-3-4-13(10-19)18-12/h7-8,12-13,18H,3-6,9-10H2,1-2H3/t12-,13+/m1/s1. The van der Waals surface area contributed by atoms with Crippen molar-refractivity contribution in [3.63, 3.8) is 0 Å². The number of benzene rings is 1. The molecule has 0 radical (unpaired) electrons. The molecule has 2 aliphatic rings. The van der Waals surface area contributed by atoms with Crippen LogP contribution in [0.4, 0.5) is 0 Å². The van der Waals surface area contributed by atoms with E-state index in [1.165, 1.54) is 19.3 Å². The van der Waals surface area contributed by atoms with E-state index in [9.17, 15) is 0 Å². The molecular formula is C16H23ClN2O2. The Labute approximate surface area is 131 Å². The molecule has 2 atom stereocenters. The van der Waals surface area contributed by atoms with Gasteiger partial charge in [-0.3, -0.25) is 4.90 Å². The van der Waals surface area contributed by atoms with Crippen molar-refractivity contribution in [2.75, 3.05) is 27.3 Å². The zero-order chi connectivity index (χ0) is 14.8. The Morgan fingerprint density at radius 1 is 1.14 bits per heavy atom. The molecule has 4 nitrogen and oxygen atoms in total. The number of halogens is 1.